The molecule has 0 fully saturated rings. The highest BCUT2D eigenvalue weighted by Gasteiger charge is 2.29. The Morgan fingerprint density at radius 3 is 2.28 bits per heavy atom. The number of sulfonamides is 1. The summed E-state index contributed by atoms with van der Waals surface area (Å²) in [5.41, 5.74) is 6.67. The monoisotopic (exact) mass is 528 g/mol. The van der Waals surface area contributed by atoms with Crippen LogP contribution in [-0.2, 0) is 27.8 Å². The summed E-state index contributed by atoms with van der Waals surface area (Å²) < 4.78 is 27.0. The third-order valence-corrected chi connectivity index (χ3v) is 8.72. The maximum Gasteiger partial charge on any atom is 0.256 e. The lowest BCUT2D eigenvalue weighted by molar-refractivity contribution is -0.129. The average Bonchev–Trinajstić information content (AvgIpc) is 3.21. The number of carbonyl (C=O) groups excluding carboxylic acids is 3. The maximum absolute atomic E-state index is 13.0. The van der Waals surface area contributed by atoms with Crippen LogP contribution >= 0.6 is 11.3 Å². The van der Waals surface area contributed by atoms with Crippen LogP contribution in [0, 0.1) is 22.7 Å². The van der Waals surface area contributed by atoms with Crippen LogP contribution in [0.25, 0.3) is 0 Å². The molecular formula is C23H24N6O5S2. The number of nitrogens with one attached hydrogen (secondary N) is 1. The van der Waals surface area contributed by atoms with Crippen LogP contribution < -0.4 is 11.1 Å². The molecule has 3 rings (SSSR count). The van der Waals surface area contributed by atoms with E-state index < -0.39 is 21.8 Å². The van der Waals surface area contributed by atoms with Gasteiger partial charge in [0.1, 0.15) is 5.00 Å². The van der Waals surface area contributed by atoms with E-state index in [0.717, 1.165) is 14.7 Å². The first-order chi connectivity index (χ1) is 17.1. The number of benzene rings is 1. The van der Waals surface area contributed by atoms with E-state index in [-0.39, 0.29) is 52.9 Å². The molecule has 1 aliphatic rings. The highest BCUT2D eigenvalue weighted by Crippen LogP contribution is 2.37. The van der Waals surface area contributed by atoms with E-state index in [1.807, 2.05) is 12.1 Å². The van der Waals surface area contributed by atoms with E-state index in [2.05, 4.69) is 5.32 Å². The normalized spacial score (nSPS) is 12.9. The molecule has 1 aromatic carbocycles. The van der Waals surface area contributed by atoms with Gasteiger partial charge in [-0.05, 0) is 36.2 Å². The number of hydrogen-bond donors (Lipinski definition) is 2. The number of fused-ring (bicyclic) bond motifs is 1. The summed E-state index contributed by atoms with van der Waals surface area (Å²) >= 11 is 1.18. The van der Waals surface area contributed by atoms with Gasteiger partial charge in [0.05, 0.1) is 29.1 Å². The smallest absolute Gasteiger partial charge is 0.256 e. The van der Waals surface area contributed by atoms with E-state index in [9.17, 15) is 22.8 Å². The Morgan fingerprint density at radius 1 is 1.14 bits per heavy atom. The fourth-order valence-corrected chi connectivity index (χ4v) is 6.53. The summed E-state index contributed by atoms with van der Waals surface area (Å²) in [6, 6.07) is 9.00. The van der Waals surface area contributed by atoms with E-state index in [1.54, 1.807) is 4.90 Å². The predicted molar refractivity (Wildman–Crippen MR) is 131 cm³/mol. The van der Waals surface area contributed by atoms with Gasteiger partial charge in [-0.15, -0.1) is 11.3 Å². The van der Waals surface area contributed by atoms with Gasteiger partial charge < -0.3 is 16.0 Å². The number of nitrogens with zero attached hydrogens (tertiary/aromatic N) is 4. The molecule has 188 valence electrons. The standard InChI is InChI=1S/C23H24N6O5S2/c1-15(30)28-13-8-18-19(14-28)35-23(20(18)21(26)31)27-22(32)16-4-6-17(7-5-16)36(33,34)29(11-2-9-24)12-3-10-25/h4-7H,2-3,8,11-14H2,1H3,(H2,26,31)(H,27,32). The molecule has 0 bridgehead atoms. The fraction of sp³-hybridized carbons (Fsp3) is 0.348. The molecule has 11 nitrogen and oxygen atoms in total. The van der Waals surface area contributed by atoms with Crippen molar-refractivity contribution in [3.8, 4) is 12.1 Å². The number of nitrogens with two attached hydrogens (primary N) is 1. The second-order valence-electron chi connectivity index (χ2n) is 7.96. The molecular weight excluding hydrogens is 504 g/mol. The van der Waals surface area contributed by atoms with E-state index in [4.69, 9.17) is 16.3 Å². The molecule has 3 N–H and O–H groups in total. The van der Waals surface area contributed by atoms with Crippen molar-refractivity contribution >= 4 is 44.1 Å². The van der Waals surface area contributed by atoms with Gasteiger partial charge in [0.2, 0.25) is 15.9 Å². The summed E-state index contributed by atoms with van der Waals surface area (Å²) in [7, 11) is -3.97. The van der Waals surface area contributed by atoms with Gasteiger partial charge in [-0.2, -0.15) is 14.8 Å². The number of thiophene rings is 1. The van der Waals surface area contributed by atoms with E-state index in [0.29, 0.717) is 19.5 Å². The number of rotatable bonds is 9. The predicted octanol–water partition coefficient (Wildman–Crippen LogP) is 1.82. The van der Waals surface area contributed by atoms with Crippen LogP contribution in [0.5, 0.6) is 0 Å². The number of hydrogen-bond acceptors (Lipinski definition) is 8. The Balaban J connectivity index is 1.82. The molecule has 2 heterocycles. The van der Waals surface area contributed by atoms with Gasteiger partial charge in [0, 0.05) is 49.8 Å². The van der Waals surface area contributed by atoms with Crippen LogP contribution in [0.1, 0.15) is 50.9 Å². The zero-order chi connectivity index (χ0) is 26.5. The van der Waals surface area contributed by atoms with E-state index >= 15 is 0 Å². The van der Waals surface area contributed by atoms with Crippen molar-refractivity contribution in [3.63, 3.8) is 0 Å². The molecule has 13 heteroatoms. The first kappa shape index (κ1) is 26.8. The Bertz CT molecular complexity index is 1350. The molecule has 0 saturated carbocycles. The summed E-state index contributed by atoms with van der Waals surface area (Å²) in [5, 5.41) is 20.6. The van der Waals surface area contributed by atoms with Crippen LogP contribution in [0.4, 0.5) is 5.00 Å². The Labute approximate surface area is 212 Å². The lowest BCUT2D eigenvalue weighted by atomic mass is 10.0. The van der Waals surface area contributed by atoms with Crippen molar-refractivity contribution in [2.45, 2.75) is 37.6 Å². The summed E-state index contributed by atoms with van der Waals surface area (Å²) in [6.07, 6.45) is 0.394. The lowest BCUT2D eigenvalue weighted by Crippen LogP contribution is -2.34. The lowest BCUT2D eigenvalue weighted by Gasteiger charge is -2.25. The molecule has 36 heavy (non-hydrogen) atoms. The highest BCUT2D eigenvalue weighted by molar-refractivity contribution is 7.89. The Hall–Kier alpha value is -3.78. The SMILES string of the molecule is CC(=O)N1CCc2c(sc(NC(=O)c3ccc(S(=O)(=O)N(CCC#N)CCC#N)cc3)c2C(N)=O)C1. The molecule has 0 atom stereocenters. The van der Waals surface area contributed by atoms with Crippen LogP contribution in [0.15, 0.2) is 29.2 Å². The van der Waals surface area contributed by atoms with Gasteiger partial charge in [0.15, 0.2) is 0 Å². The van der Waals surface area contributed by atoms with Gasteiger partial charge in [-0.25, -0.2) is 8.42 Å². The summed E-state index contributed by atoms with van der Waals surface area (Å²) in [6.45, 7) is 2.13. The van der Waals surface area contributed by atoms with Crippen molar-refractivity contribution in [3.05, 3.63) is 45.8 Å². The first-order valence-electron chi connectivity index (χ1n) is 11.0. The number of amides is 3. The van der Waals surface area contributed by atoms with Crippen molar-refractivity contribution < 1.29 is 22.8 Å². The van der Waals surface area contributed by atoms with Crippen molar-refractivity contribution in [2.24, 2.45) is 5.73 Å². The van der Waals surface area contributed by atoms with Crippen molar-refractivity contribution in [1.29, 1.82) is 10.5 Å². The average molecular weight is 529 g/mol. The highest BCUT2D eigenvalue weighted by atomic mass is 32.2. The third-order valence-electron chi connectivity index (χ3n) is 5.68. The fourth-order valence-electron chi connectivity index (χ4n) is 3.83. The molecule has 0 aliphatic carbocycles. The summed E-state index contributed by atoms with van der Waals surface area (Å²) in [5.74, 6) is -1.33. The summed E-state index contributed by atoms with van der Waals surface area (Å²) in [4.78, 5) is 39.1. The van der Waals surface area contributed by atoms with Gasteiger partial charge in [-0.1, -0.05) is 0 Å². The van der Waals surface area contributed by atoms with Gasteiger partial charge in [-0.3, -0.25) is 14.4 Å². The minimum absolute atomic E-state index is 0.0255. The maximum atomic E-state index is 13.0. The van der Waals surface area contributed by atoms with Gasteiger partial charge >= 0.3 is 0 Å². The van der Waals surface area contributed by atoms with E-state index in [1.165, 1.54) is 42.5 Å². The van der Waals surface area contributed by atoms with Crippen LogP contribution in [0.3, 0.4) is 0 Å². The largest absolute Gasteiger partial charge is 0.365 e. The zero-order valence-corrected chi connectivity index (χ0v) is 21.1. The second-order valence-corrected chi connectivity index (χ2v) is 11.0. The van der Waals surface area contributed by atoms with Crippen molar-refractivity contribution in [1.82, 2.24) is 9.21 Å². The quantitative estimate of drug-likeness (QED) is 0.498. The third kappa shape index (κ3) is 5.71. The number of anilines is 1. The Kier molecular flexibility index (Phi) is 8.42. The number of primary amides is 1. The Morgan fingerprint density at radius 2 is 1.75 bits per heavy atom. The molecule has 1 aliphatic heterocycles. The van der Waals surface area contributed by atoms with Gasteiger partial charge in [0.25, 0.3) is 11.8 Å². The zero-order valence-electron chi connectivity index (χ0n) is 19.5. The topological polar surface area (TPSA) is 177 Å². The minimum atomic E-state index is -3.97. The van der Waals surface area contributed by atoms with Crippen LogP contribution in [-0.4, -0.2) is 55.0 Å². The molecule has 2 aromatic rings. The number of carbonyl (C=O) groups is 3. The first-order valence-corrected chi connectivity index (χ1v) is 13.2. The van der Waals surface area contributed by atoms with Crippen LogP contribution in [0.2, 0.25) is 0 Å². The molecule has 3 amide bonds. The molecule has 0 unspecified atom stereocenters. The molecule has 0 saturated heterocycles. The minimum Gasteiger partial charge on any atom is -0.365 e. The van der Waals surface area contributed by atoms with Crippen molar-refractivity contribution in [2.75, 3.05) is 25.0 Å². The molecule has 0 radical (unpaired) electrons. The second kappa shape index (κ2) is 11.3. The molecule has 1 aromatic heterocycles. The molecule has 0 spiro atoms. The number of nitriles is 2.